The van der Waals surface area contributed by atoms with Gasteiger partial charge in [-0.1, -0.05) is 12.1 Å². The number of nitrogens with two attached hydrogens (primary N) is 1. The normalized spacial score (nSPS) is 20.9. The van der Waals surface area contributed by atoms with Crippen molar-refractivity contribution in [3.8, 4) is 5.75 Å². The predicted molar refractivity (Wildman–Crippen MR) is 65.2 cm³/mol. The number of aromatic hydroxyl groups is 1. The maximum absolute atomic E-state index is 9.20. The van der Waals surface area contributed by atoms with E-state index < -0.39 is 0 Å². The van der Waals surface area contributed by atoms with Crippen molar-refractivity contribution >= 4 is 0 Å². The highest BCUT2D eigenvalue weighted by Crippen LogP contribution is 2.20. The highest BCUT2D eigenvalue weighted by atomic mass is 16.3. The van der Waals surface area contributed by atoms with E-state index in [0.29, 0.717) is 5.75 Å². The van der Waals surface area contributed by atoms with Crippen LogP contribution in [0.3, 0.4) is 0 Å². The molecule has 0 unspecified atom stereocenters. The van der Waals surface area contributed by atoms with Gasteiger partial charge in [-0.3, -0.25) is 4.90 Å². The van der Waals surface area contributed by atoms with Crippen molar-refractivity contribution in [1.82, 2.24) is 4.90 Å². The molecule has 1 aliphatic rings. The van der Waals surface area contributed by atoms with Gasteiger partial charge in [0.1, 0.15) is 5.75 Å². The summed E-state index contributed by atoms with van der Waals surface area (Å²) in [6.45, 7) is 5.21. The fourth-order valence-corrected chi connectivity index (χ4v) is 2.08. The molecule has 0 atom stereocenters. The Bertz CT molecular complexity index is 335. The molecule has 88 valence electrons. The van der Waals surface area contributed by atoms with Crippen molar-refractivity contribution in [3.63, 3.8) is 0 Å². The fraction of sp³-hybridized carbons (Fsp3) is 0.538. The maximum Gasteiger partial charge on any atom is 0.115 e. The molecule has 3 nitrogen and oxygen atoms in total. The zero-order valence-electron chi connectivity index (χ0n) is 9.82. The van der Waals surface area contributed by atoms with Crippen LogP contribution < -0.4 is 5.73 Å². The molecule has 1 fully saturated rings. The lowest BCUT2D eigenvalue weighted by Gasteiger charge is -2.36. The second-order valence-corrected chi connectivity index (χ2v) is 5.10. The highest BCUT2D eigenvalue weighted by molar-refractivity contribution is 5.25. The molecule has 1 aliphatic heterocycles. The molecule has 1 heterocycles. The van der Waals surface area contributed by atoms with E-state index in [9.17, 15) is 5.11 Å². The number of hydrogen-bond acceptors (Lipinski definition) is 3. The van der Waals surface area contributed by atoms with Crippen molar-refractivity contribution in [2.24, 2.45) is 5.73 Å². The van der Waals surface area contributed by atoms with Crippen molar-refractivity contribution < 1.29 is 5.11 Å². The van der Waals surface area contributed by atoms with Crippen molar-refractivity contribution in [1.29, 1.82) is 0 Å². The van der Waals surface area contributed by atoms with Crippen LogP contribution in [-0.2, 0) is 6.54 Å². The average Bonchev–Trinajstić information content (AvgIpc) is 2.24. The first-order valence-electron chi connectivity index (χ1n) is 5.84. The summed E-state index contributed by atoms with van der Waals surface area (Å²) in [6.07, 6.45) is 2.12. The maximum atomic E-state index is 9.20. The predicted octanol–water partition coefficient (Wildman–Crippen LogP) is 1.71. The van der Waals surface area contributed by atoms with Crippen molar-refractivity contribution in [2.75, 3.05) is 13.1 Å². The van der Waals surface area contributed by atoms with Gasteiger partial charge in [0.05, 0.1) is 0 Å². The number of rotatable bonds is 2. The quantitative estimate of drug-likeness (QED) is 0.797. The molecule has 0 aromatic heterocycles. The van der Waals surface area contributed by atoms with E-state index in [4.69, 9.17) is 5.73 Å². The minimum Gasteiger partial charge on any atom is -0.508 e. The van der Waals surface area contributed by atoms with Gasteiger partial charge in [0.15, 0.2) is 0 Å². The van der Waals surface area contributed by atoms with Gasteiger partial charge < -0.3 is 10.8 Å². The standard InChI is InChI=1S/C13H20N2O/c1-13(14)6-8-15(9-7-13)10-11-2-4-12(16)5-3-11/h2-5,16H,6-10,14H2,1H3. The van der Waals surface area contributed by atoms with Crippen LogP contribution in [0.2, 0.25) is 0 Å². The first kappa shape index (κ1) is 11.4. The minimum absolute atomic E-state index is 0.0193. The Kier molecular flexibility index (Phi) is 3.17. The molecule has 0 aliphatic carbocycles. The zero-order valence-corrected chi connectivity index (χ0v) is 9.82. The summed E-state index contributed by atoms with van der Waals surface area (Å²) in [5.41, 5.74) is 7.36. The Balaban J connectivity index is 1.89. The molecular weight excluding hydrogens is 200 g/mol. The smallest absolute Gasteiger partial charge is 0.115 e. The lowest BCUT2D eigenvalue weighted by molar-refractivity contribution is 0.165. The Morgan fingerprint density at radius 1 is 1.25 bits per heavy atom. The fourth-order valence-electron chi connectivity index (χ4n) is 2.08. The van der Waals surface area contributed by atoms with E-state index in [-0.39, 0.29) is 5.54 Å². The number of piperidine rings is 1. The molecule has 1 aromatic rings. The van der Waals surface area contributed by atoms with Gasteiger partial charge in [0, 0.05) is 25.2 Å². The van der Waals surface area contributed by atoms with E-state index >= 15 is 0 Å². The minimum atomic E-state index is 0.0193. The van der Waals surface area contributed by atoms with Crippen LogP contribution in [-0.4, -0.2) is 28.6 Å². The molecule has 0 spiro atoms. The summed E-state index contributed by atoms with van der Waals surface area (Å²) in [7, 11) is 0. The van der Waals surface area contributed by atoms with Gasteiger partial charge in [0.25, 0.3) is 0 Å². The molecule has 0 amide bonds. The molecule has 1 aromatic carbocycles. The Morgan fingerprint density at radius 3 is 2.38 bits per heavy atom. The number of phenolic OH excluding ortho intramolecular Hbond substituents is 1. The second kappa shape index (κ2) is 4.44. The molecule has 0 bridgehead atoms. The SMILES string of the molecule is CC1(N)CCN(Cc2ccc(O)cc2)CC1. The Morgan fingerprint density at radius 2 is 1.81 bits per heavy atom. The molecule has 2 rings (SSSR count). The number of phenols is 1. The second-order valence-electron chi connectivity index (χ2n) is 5.10. The first-order valence-corrected chi connectivity index (χ1v) is 5.84. The molecule has 3 N–H and O–H groups in total. The van der Waals surface area contributed by atoms with E-state index in [1.54, 1.807) is 12.1 Å². The van der Waals surface area contributed by atoms with E-state index in [1.807, 2.05) is 12.1 Å². The summed E-state index contributed by atoms with van der Waals surface area (Å²) in [6, 6.07) is 7.44. The lowest BCUT2D eigenvalue weighted by Crippen LogP contribution is -2.47. The summed E-state index contributed by atoms with van der Waals surface area (Å²) in [4.78, 5) is 2.42. The summed E-state index contributed by atoms with van der Waals surface area (Å²) in [5, 5.41) is 9.20. The number of benzene rings is 1. The van der Waals surface area contributed by atoms with Gasteiger partial charge in [-0.25, -0.2) is 0 Å². The molecule has 0 saturated carbocycles. The molecule has 3 heteroatoms. The van der Waals surface area contributed by atoms with Crippen LogP contribution in [0.1, 0.15) is 25.3 Å². The number of nitrogens with zero attached hydrogens (tertiary/aromatic N) is 1. The van der Waals surface area contributed by atoms with Crippen LogP contribution in [0.4, 0.5) is 0 Å². The van der Waals surface area contributed by atoms with Gasteiger partial charge >= 0.3 is 0 Å². The molecule has 1 saturated heterocycles. The van der Waals surface area contributed by atoms with E-state index in [1.165, 1.54) is 5.56 Å². The third-order valence-corrected chi connectivity index (χ3v) is 3.34. The summed E-state index contributed by atoms with van der Waals surface area (Å²) >= 11 is 0. The van der Waals surface area contributed by atoms with Crippen LogP contribution >= 0.6 is 0 Å². The number of likely N-dealkylation sites (tertiary alicyclic amines) is 1. The molecule has 16 heavy (non-hydrogen) atoms. The molecular formula is C13H20N2O. The topological polar surface area (TPSA) is 49.5 Å². The monoisotopic (exact) mass is 220 g/mol. The van der Waals surface area contributed by atoms with Crippen LogP contribution in [0.25, 0.3) is 0 Å². The van der Waals surface area contributed by atoms with Gasteiger partial charge in [-0.05, 0) is 37.5 Å². The third-order valence-electron chi connectivity index (χ3n) is 3.34. The van der Waals surface area contributed by atoms with Crippen molar-refractivity contribution in [3.05, 3.63) is 29.8 Å². The largest absolute Gasteiger partial charge is 0.508 e. The van der Waals surface area contributed by atoms with Gasteiger partial charge in [-0.15, -0.1) is 0 Å². The van der Waals surface area contributed by atoms with E-state index in [0.717, 1.165) is 32.5 Å². The van der Waals surface area contributed by atoms with Crippen LogP contribution in [0.5, 0.6) is 5.75 Å². The number of hydrogen-bond donors (Lipinski definition) is 2. The van der Waals surface area contributed by atoms with Gasteiger partial charge in [-0.2, -0.15) is 0 Å². The van der Waals surface area contributed by atoms with Crippen LogP contribution in [0, 0.1) is 0 Å². The Hall–Kier alpha value is -1.06. The lowest BCUT2D eigenvalue weighted by atomic mass is 9.91. The summed E-state index contributed by atoms with van der Waals surface area (Å²) in [5.74, 6) is 0.330. The van der Waals surface area contributed by atoms with Crippen molar-refractivity contribution in [2.45, 2.75) is 31.8 Å². The third kappa shape index (κ3) is 2.97. The van der Waals surface area contributed by atoms with Crippen LogP contribution in [0.15, 0.2) is 24.3 Å². The highest BCUT2D eigenvalue weighted by Gasteiger charge is 2.25. The van der Waals surface area contributed by atoms with Gasteiger partial charge in [0.2, 0.25) is 0 Å². The molecule has 0 radical (unpaired) electrons. The zero-order chi connectivity index (χ0) is 11.6. The first-order chi connectivity index (χ1) is 7.55. The Labute approximate surface area is 96.9 Å². The summed E-state index contributed by atoms with van der Waals surface area (Å²) < 4.78 is 0. The van der Waals surface area contributed by atoms with E-state index in [2.05, 4.69) is 11.8 Å². The average molecular weight is 220 g/mol.